The van der Waals surface area contributed by atoms with Gasteiger partial charge in [-0.2, -0.15) is 18.3 Å². The summed E-state index contributed by atoms with van der Waals surface area (Å²) in [5.74, 6) is -0.152. The van der Waals surface area contributed by atoms with Crippen LogP contribution in [0, 0.1) is 6.92 Å². The Bertz CT molecular complexity index is 1490. The lowest BCUT2D eigenvalue weighted by Gasteiger charge is -2.31. The molecular weight excluding hydrogens is 511 g/mol. The number of likely N-dealkylation sites (tertiary alicyclic amines) is 1. The summed E-state index contributed by atoms with van der Waals surface area (Å²) in [5, 5.41) is 18.3. The van der Waals surface area contributed by atoms with Crippen LogP contribution in [-0.4, -0.2) is 56.3 Å². The summed E-state index contributed by atoms with van der Waals surface area (Å²) in [4.78, 5) is 18.9. The molecule has 2 N–H and O–H groups in total. The van der Waals surface area contributed by atoms with Gasteiger partial charge in [0.15, 0.2) is 5.69 Å². The van der Waals surface area contributed by atoms with Gasteiger partial charge in [-0.15, -0.1) is 0 Å². The standard InChI is InChI=1S/C28H30F3N5O3/c1-17-5-4-6-19(11-17)26-33-24(15-39-26)25(37)32-23-13-20-12-22(34-36(20)14-21(23)27(2,3)38)18-7-9-35(10-8-18)16-28(29,30)31/h4-6,11-15,18,38H,7-10,16H2,1-3H3,(H,32,37). The summed E-state index contributed by atoms with van der Waals surface area (Å²) >= 11 is 0. The molecule has 1 aliphatic heterocycles. The van der Waals surface area contributed by atoms with Crippen LogP contribution < -0.4 is 5.32 Å². The highest BCUT2D eigenvalue weighted by Gasteiger charge is 2.33. The molecule has 1 amide bonds. The third-order valence-electron chi connectivity index (χ3n) is 6.94. The van der Waals surface area contributed by atoms with Gasteiger partial charge < -0.3 is 14.8 Å². The van der Waals surface area contributed by atoms with E-state index in [9.17, 15) is 23.1 Å². The smallest absolute Gasteiger partial charge is 0.401 e. The van der Waals surface area contributed by atoms with Crippen molar-refractivity contribution in [1.29, 1.82) is 0 Å². The summed E-state index contributed by atoms with van der Waals surface area (Å²) in [6.07, 6.45) is -0.126. The average Bonchev–Trinajstić information content (AvgIpc) is 3.50. The van der Waals surface area contributed by atoms with Crippen LogP contribution in [-0.2, 0) is 5.60 Å². The number of oxazole rings is 1. The van der Waals surface area contributed by atoms with Crippen LogP contribution in [0.5, 0.6) is 0 Å². The number of carbonyl (C=O) groups excluding carboxylic acids is 1. The predicted molar refractivity (Wildman–Crippen MR) is 140 cm³/mol. The molecule has 0 saturated carbocycles. The van der Waals surface area contributed by atoms with E-state index in [-0.39, 0.29) is 11.6 Å². The number of piperidine rings is 1. The van der Waals surface area contributed by atoms with Crippen LogP contribution in [0.2, 0.25) is 0 Å². The molecular formula is C28H30F3N5O3. The van der Waals surface area contributed by atoms with Gasteiger partial charge in [-0.3, -0.25) is 9.69 Å². The van der Waals surface area contributed by atoms with Crippen molar-refractivity contribution in [3.8, 4) is 11.5 Å². The third-order valence-corrected chi connectivity index (χ3v) is 6.94. The number of amides is 1. The maximum Gasteiger partial charge on any atom is 0.401 e. The van der Waals surface area contributed by atoms with Crippen LogP contribution in [0.4, 0.5) is 18.9 Å². The molecule has 0 aliphatic carbocycles. The number of hydrogen-bond acceptors (Lipinski definition) is 6. The second-order valence-corrected chi connectivity index (χ2v) is 10.6. The number of aryl methyl sites for hydroxylation is 1. The van der Waals surface area contributed by atoms with E-state index in [0.717, 1.165) is 16.8 Å². The Hall–Kier alpha value is -3.70. The van der Waals surface area contributed by atoms with E-state index in [1.165, 1.54) is 11.2 Å². The lowest BCUT2D eigenvalue weighted by atomic mass is 9.93. The van der Waals surface area contributed by atoms with E-state index >= 15 is 0 Å². The van der Waals surface area contributed by atoms with E-state index in [1.54, 1.807) is 30.6 Å². The molecule has 11 heteroatoms. The number of pyridine rings is 1. The largest absolute Gasteiger partial charge is 0.444 e. The molecule has 8 nitrogen and oxygen atoms in total. The molecule has 206 valence electrons. The molecule has 4 aromatic rings. The van der Waals surface area contributed by atoms with E-state index in [2.05, 4.69) is 15.4 Å². The van der Waals surface area contributed by atoms with Crippen molar-refractivity contribution in [3.63, 3.8) is 0 Å². The first-order valence-corrected chi connectivity index (χ1v) is 12.7. The summed E-state index contributed by atoms with van der Waals surface area (Å²) in [6, 6.07) is 11.2. The minimum atomic E-state index is -4.21. The first kappa shape index (κ1) is 26.9. The van der Waals surface area contributed by atoms with Crippen LogP contribution in [0.3, 0.4) is 0 Å². The second-order valence-electron chi connectivity index (χ2n) is 10.6. The molecule has 0 atom stereocenters. The normalized spacial score (nSPS) is 15.7. The molecule has 1 fully saturated rings. The van der Waals surface area contributed by atoms with Crippen molar-refractivity contribution >= 4 is 17.1 Å². The summed E-state index contributed by atoms with van der Waals surface area (Å²) in [7, 11) is 0. The zero-order chi connectivity index (χ0) is 27.9. The molecule has 39 heavy (non-hydrogen) atoms. The molecule has 0 radical (unpaired) electrons. The van der Waals surface area contributed by atoms with Crippen molar-refractivity contribution in [2.24, 2.45) is 0 Å². The number of aromatic nitrogens is 3. The molecule has 0 bridgehead atoms. The first-order valence-electron chi connectivity index (χ1n) is 12.7. The van der Waals surface area contributed by atoms with Gasteiger partial charge in [0.2, 0.25) is 5.89 Å². The van der Waals surface area contributed by atoms with Crippen molar-refractivity contribution in [3.05, 3.63) is 71.4 Å². The Kier molecular flexibility index (Phi) is 6.98. The van der Waals surface area contributed by atoms with E-state index in [4.69, 9.17) is 4.42 Å². The maximum atomic E-state index is 13.1. The van der Waals surface area contributed by atoms with Crippen molar-refractivity contribution < 1.29 is 27.5 Å². The molecule has 4 heterocycles. The van der Waals surface area contributed by atoms with Crippen molar-refractivity contribution in [1.82, 2.24) is 19.5 Å². The molecule has 0 unspecified atom stereocenters. The zero-order valence-electron chi connectivity index (χ0n) is 21.9. The number of benzene rings is 1. The summed E-state index contributed by atoms with van der Waals surface area (Å²) < 4.78 is 45.4. The lowest BCUT2D eigenvalue weighted by molar-refractivity contribution is -0.147. The summed E-state index contributed by atoms with van der Waals surface area (Å²) in [5.41, 5.74) is 2.87. The molecule has 3 aromatic heterocycles. The maximum absolute atomic E-state index is 13.1. The highest BCUT2D eigenvalue weighted by Crippen LogP contribution is 2.33. The average molecular weight is 542 g/mol. The fourth-order valence-corrected chi connectivity index (χ4v) is 4.96. The fourth-order valence-electron chi connectivity index (χ4n) is 4.96. The van der Waals surface area contributed by atoms with Crippen molar-refractivity contribution in [2.45, 2.75) is 51.3 Å². The van der Waals surface area contributed by atoms with Crippen LogP contribution >= 0.6 is 0 Å². The van der Waals surface area contributed by atoms with Gasteiger partial charge in [0, 0.05) is 23.2 Å². The predicted octanol–water partition coefficient (Wildman–Crippen LogP) is 5.52. The van der Waals surface area contributed by atoms with Gasteiger partial charge in [0.1, 0.15) is 6.26 Å². The van der Waals surface area contributed by atoms with Gasteiger partial charge in [-0.25, -0.2) is 9.50 Å². The number of nitrogens with one attached hydrogen (secondary N) is 1. The van der Waals surface area contributed by atoms with E-state index < -0.39 is 24.2 Å². The number of alkyl halides is 3. The number of anilines is 1. The molecule has 1 saturated heterocycles. The monoisotopic (exact) mass is 541 g/mol. The summed E-state index contributed by atoms with van der Waals surface area (Å²) in [6.45, 7) is 4.95. The Morgan fingerprint density at radius 2 is 1.92 bits per heavy atom. The quantitative estimate of drug-likeness (QED) is 0.334. The molecule has 0 spiro atoms. The Labute approximate surface area is 223 Å². The third kappa shape index (κ3) is 6.15. The lowest BCUT2D eigenvalue weighted by Crippen LogP contribution is -2.39. The second kappa shape index (κ2) is 10.1. The zero-order valence-corrected chi connectivity index (χ0v) is 21.9. The van der Waals surface area contributed by atoms with Gasteiger partial charge in [-0.05, 0) is 71.0 Å². The fraction of sp³-hybridized carbons (Fsp3) is 0.393. The minimum Gasteiger partial charge on any atom is -0.444 e. The molecule has 5 rings (SSSR count). The van der Waals surface area contributed by atoms with Crippen LogP contribution in [0.25, 0.3) is 17.0 Å². The Morgan fingerprint density at radius 1 is 1.18 bits per heavy atom. The molecule has 1 aromatic carbocycles. The van der Waals surface area contributed by atoms with E-state index in [1.807, 2.05) is 37.3 Å². The number of aliphatic hydroxyl groups is 1. The number of nitrogens with zero attached hydrogens (tertiary/aromatic N) is 4. The van der Waals surface area contributed by atoms with Crippen molar-refractivity contribution in [2.75, 3.05) is 25.0 Å². The highest BCUT2D eigenvalue weighted by atomic mass is 19.4. The Morgan fingerprint density at radius 3 is 2.59 bits per heavy atom. The topological polar surface area (TPSA) is 95.9 Å². The van der Waals surface area contributed by atoms with Gasteiger partial charge in [0.25, 0.3) is 5.91 Å². The number of halogens is 3. The molecule has 1 aliphatic rings. The Balaban J connectivity index is 1.37. The van der Waals surface area contributed by atoms with Crippen LogP contribution in [0.1, 0.15) is 59.9 Å². The number of fused-ring (bicyclic) bond motifs is 1. The first-order chi connectivity index (χ1) is 18.4. The van der Waals surface area contributed by atoms with Gasteiger partial charge in [0.05, 0.1) is 29.0 Å². The SMILES string of the molecule is Cc1cccc(-c2nc(C(=O)Nc3cc4cc(C5CCN(CC(F)(F)F)CC5)nn4cc3C(C)(C)O)co2)c1. The highest BCUT2D eigenvalue weighted by molar-refractivity contribution is 6.03. The van der Waals surface area contributed by atoms with E-state index in [0.29, 0.717) is 48.6 Å². The minimum absolute atomic E-state index is 0.0215. The number of carbonyl (C=O) groups is 1. The number of rotatable bonds is 6. The van der Waals surface area contributed by atoms with Gasteiger partial charge in [-0.1, -0.05) is 17.7 Å². The number of hydrogen-bond donors (Lipinski definition) is 2. The van der Waals surface area contributed by atoms with Gasteiger partial charge >= 0.3 is 6.18 Å². The van der Waals surface area contributed by atoms with Crippen LogP contribution in [0.15, 0.2) is 53.3 Å².